The lowest BCUT2D eigenvalue weighted by atomic mass is 10.0. The fraction of sp³-hybridized carbons (Fsp3) is 0.333. The second-order valence-electron chi connectivity index (χ2n) is 2.87. The molecule has 0 bridgehead atoms. The molecule has 1 rings (SSSR count). The van der Waals surface area contributed by atoms with Crippen LogP contribution in [0.5, 0.6) is 0 Å². The van der Waals surface area contributed by atoms with E-state index in [2.05, 4.69) is 4.98 Å². The zero-order valence-electron chi connectivity index (χ0n) is 7.03. The van der Waals surface area contributed by atoms with Crippen LogP contribution in [-0.4, -0.2) is 10.9 Å². The largest absolute Gasteiger partial charge is 0.369 e. The average Bonchev–Trinajstić information content (AvgIpc) is 2.06. The molecule has 0 aromatic carbocycles. The third-order valence-corrected chi connectivity index (χ3v) is 1.75. The minimum atomic E-state index is -0.265. The Morgan fingerprint density at radius 2 is 2.50 bits per heavy atom. The minimum Gasteiger partial charge on any atom is -0.369 e. The molecule has 0 spiro atoms. The number of aromatic nitrogens is 1. The normalized spacial score (nSPS) is 12.4. The number of hydrogen-bond donors (Lipinski definition) is 1. The molecule has 0 aliphatic rings. The number of nitrogens with zero attached hydrogens (tertiary/aromatic N) is 1. The quantitative estimate of drug-likeness (QED) is 0.716. The zero-order valence-corrected chi connectivity index (χ0v) is 7.03. The van der Waals surface area contributed by atoms with E-state index in [0.717, 1.165) is 5.56 Å². The first-order valence-electron chi connectivity index (χ1n) is 3.88. The molecule has 1 aromatic rings. The van der Waals surface area contributed by atoms with Crippen LogP contribution in [0.3, 0.4) is 0 Å². The van der Waals surface area contributed by atoms with Crippen molar-refractivity contribution in [1.29, 1.82) is 0 Å². The highest BCUT2D eigenvalue weighted by atomic mass is 16.1. The molecule has 1 unspecified atom stereocenters. The van der Waals surface area contributed by atoms with Crippen molar-refractivity contribution in [3.8, 4) is 0 Å². The van der Waals surface area contributed by atoms with Crippen molar-refractivity contribution in [2.75, 3.05) is 0 Å². The Morgan fingerprint density at radius 3 is 3.00 bits per heavy atom. The lowest BCUT2D eigenvalue weighted by molar-refractivity contribution is -0.121. The van der Waals surface area contributed by atoms with Crippen LogP contribution in [0.15, 0.2) is 24.5 Å². The van der Waals surface area contributed by atoms with Crippen LogP contribution >= 0.6 is 0 Å². The molecule has 0 aliphatic heterocycles. The van der Waals surface area contributed by atoms with E-state index in [1.807, 2.05) is 19.1 Å². The monoisotopic (exact) mass is 164 g/mol. The average molecular weight is 164 g/mol. The van der Waals surface area contributed by atoms with Gasteiger partial charge >= 0.3 is 0 Å². The summed E-state index contributed by atoms with van der Waals surface area (Å²) in [5.41, 5.74) is 6.17. The van der Waals surface area contributed by atoms with Crippen molar-refractivity contribution < 1.29 is 4.79 Å². The van der Waals surface area contributed by atoms with Crippen molar-refractivity contribution >= 4 is 5.91 Å². The lowest BCUT2D eigenvalue weighted by Gasteiger charge is -2.05. The summed E-state index contributed by atoms with van der Waals surface area (Å²) in [4.78, 5) is 14.7. The first-order chi connectivity index (χ1) is 5.70. The number of carbonyl (C=O) groups excluding carboxylic acids is 1. The zero-order chi connectivity index (χ0) is 8.97. The Morgan fingerprint density at radius 1 is 1.75 bits per heavy atom. The SMILES string of the molecule is CC(Cc1cccnc1)C(N)=O. The van der Waals surface area contributed by atoms with Gasteiger partial charge in [-0.25, -0.2) is 0 Å². The maximum Gasteiger partial charge on any atom is 0.220 e. The summed E-state index contributed by atoms with van der Waals surface area (Å²) in [7, 11) is 0. The molecular formula is C9H12N2O. The number of carbonyl (C=O) groups is 1. The van der Waals surface area contributed by atoms with Gasteiger partial charge in [-0.15, -0.1) is 0 Å². The van der Waals surface area contributed by atoms with Gasteiger partial charge in [0.25, 0.3) is 0 Å². The van der Waals surface area contributed by atoms with E-state index in [4.69, 9.17) is 5.73 Å². The van der Waals surface area contributed by atoms with Crippen molar-refractivity contribution in [3.05, 3.63) is 30.1 Å². The van der Waals surface area contributed by atoms with Crippen molar-refractivity contribution in [3.63, 3.8) is 0 Å². The molecule has 0 fully saturated rings. The van der Waals surface area contributed by atoms with Gasteiger partial charge in [0.2, 0.25) is 5.91 Å². The predicted octanol–water partition coefficient (Wildman–Crippen LogP) is 0.745. The standard InChI is InChI=1S/C9H12N2O/c1-7(9(10)12)5-8-3-2-4-11-6-8/h2-4,6-7H,5H2,1H3,(H2,10,12). The molecule has 1 amide bonds. The first-order valence-corrected chi connectivity index (χ1v) is 3.88. The van der Waals surface area contributed by atoms with Gasteiger partial charge in [-0.3, -0.25) is 9.78 Å². The van der Waals surface area contributed by atoms with Crippen LogP contribution in [0.2, 0.25) is 0 Å². The van der Waals surface area contributed by atoms with Crippen LogP contribution in [0.1, 0.15) is 12.5 Å². The Labute approximate surface area is 71.6 Å². The molecule has 64 valence electrons. The molecule has 3 nitrogen and oxygen atoms in total. The number of rotatable bonds is 3. The first kappa shape index (κ1) is 8.71. The van der Waals surface area contributed by atoms with E-state index < -0.39 is 0 Å². The van der Waals surface area contributed by atoms with Crippen LogP contribution in [-0.2, 0) is 11.2 Å². The van der Waals surface area contributed by atoms with Crippen LogP contribution in [0.4, 0.5) is 0 Å². The molecule has 1 atom stereocenters. The van der Waals surface area contributed by atoms with Gasteiger partial charge in [0.1, 0.15) is 0 Å². The summed E-state index contributed by atoms with van der Waals surface area (Å²) < 4.78 is 0. The fourth-order valence-electron chi connectivity index (χ4n) is 0.973. The van der Waals surface area contributed by atoms with E-state index in [1.165, 1.54) is 0 Å². The Kier molecular flexibility index (Phi) is 2.80. The highest BCUT2D eigenvalue weighted by molar-refractivity contribution is 5.76. The molecule has 0 radical (unpaired) electrons. The van der Waals surface area contributed by atoms with Gasteiger partial charge in [-0.1, -0.05) is 13.0 Å². The molecule has 0 saturated carbocycles. The summed E-state index contributed by atoms with van der Waals surface area (Å²) in [6.07, 6.45) is 4.13. The molecule has 2 N–H and O–H groups in total. The van der Waals surface area contributed by atoms with Gasteiger partial charge in [0, 0.05) is 18.3 Å². The van der Waals surface area contributed by atoms with Crippen LogP contribution in [0, 0.1) is 5.92 Å². The van der Waals surface area contributed by atoms with Crippen molar-refractivity contribution in [2.45, 2.75) is 13.3 Å². The summed E-state index contributed by atoms with van der Waals surface area (Å²) in [5.74, 6) is -0.381. The highest BCUT2D eigenvalue weighted by Crippen LogP contribution is 2.05. The van der Waals surface area contributed by atoms with Gasteiger partial charge in [-0.05, 0) is 18.1 Å². The van der Waals surface area contributed by atoms with E-state index in [9.17, 15) is 4.79 Å². The Hall–Kier alpha value is -1.38. The molecule has 0 saturated heterocycles. The minimum absolute atomic E-state index is 0.116. The maximum absolute atomic E-state index is 10.7. The van der Waals surface area contributed by atoms with E-state index in [1.54, 1.807) is 12.4 Å². The smallest absolute Gasteiger partial charge is 0.220 e. The fourth-order valence-corrected chi connectivity index (χ4v) is 0.973. The number of nitrogens with two attached hydrogens (primary N) is 1. The summed E-state index contributed by atoms with van der Waals surface area (Å²) >= 11 is 0. The maximum atomic E-state index is 10.7. The summed E-state index contributed by atoms with van der Waals surface area (Å²) in [5, 5.41) is 0. The Balaban J connectivity index is 2.58. The second-order valence-corrected chi connectivity index (χ2v) is 2.87. The molecule has 3 heteroatoms. The summed E-state index contributed by atoms with van der Waals surface area (Å²) in [6.45, 7) is 1.81. The number of amides is 1. The topological polar surface area (TPSA) is 56.0 Å². The van der Waals surface area contributed by atoms with E-state index >= 15 is 0 Å². The lowest BCUT2D eigenvalue weighted by Crippen LogP contribution is -2.22. The number of hydrogen-bond acceptors (Lipinski definition) is 2. The van der Waals surface area contributed by atoms with E-state index in [0.29, 0.717) is 6.42 Å². The van der Waals surface area contributed by atoms with Crippen molar-refractivity contribution in [1.82, 2.24) is 4.98 Å². The van der Waals surface area contributed by atoms with Crippen molar-refractivity contribution in [2.24, 2.45) is 11.7 Å². The predicted molar refractivity (Wildman–Crippen MR) is 46.3 cm³/mol. The number of pyridine rings is 1. The number of primary amides is 1. The highest BCUT2D eigenvalue weighted by Gasteiger charge is 2.08. The van der Waals surface area contributed by atoms with Gasteiger partial charge in [0.15, 0.2) is 0 Å². The molecule has 1 aromatic heterocycles. The third-order valence-electron chi connectivity index (χ3n) is 1.75. The van der Waals surface area contributed by atoms with Gasteiger partial charge in [-0.2, -0.15) is 0 Å². The third kappa shape index (κ3) is 2.34. The molecular weight excluding hydrogens is 152 g/mol. The summed E-state index contributed by atoms with van der Waals surface area (Å²) in [6, 6.07) is 3.79. The van der Waals surface area contributed by atoms with Crippen LogP contribution < -0.4 is 5.73 Å². The van der Waals surface area contributed by atoms with Gasteiger partial charge in [0.05, 0.1) is 0 Å². The van der Waals surface area contributed by atoms with E-state index in [-0.39, 0.29) is 11.8 Å². The Bertz CT molecular complexity index is 258. The molecule has 0 aliphatic carbocycles. The molecule has 1 heterocycles. The molecule has 12 heavy (non-hydrogen) atoms. The second kappa shape index (κ2) is 3.85. The van der Waals surface area contributed by atoms with Crippen LogP contribution in [0.25, 0.3) is 0 Å². The van der Waals surface area contributed by atoms with Gasteiger partial charge < -0.3 is 5.73 Å².